The number of hydrogen-bond donors (Lipinski definition) is 2. The fourth-order valence-corrected chi connectivity index (χ4v) is 3.04. The van der Waals surface area contributed by atoms with E-state index in [1.165, 1.54) is 0 Å². The van der Waals surface area contributed by atoms with Crippen LogP contribution in [0, 0.1) is 0 Å². The number of halogens is 1. The van der Waals surface area contributed by atoms with E-state index in [9.17, 15) is 9.59 Å². The summed E-state index contributed by atoms with van der Waals surface area (Å²) in [6, 6.07) is 14.1. The molecule has 0 fully saturated rings. The summed E-state index contributed by atoms with van der Waals surface area (Å²) in [5, 5.41) is 5.84. The van der Waals surface area contributed by atoms with Crippen molar-refractivity contribution in [2.75, 3.05) is 16.8 Å². The van der Waals surface area contributed by atoms with Crippen molar-refractivity contribution >= 4 is 34.8 Å². The Balaban J connectivity index is 1.98. The summed E-state index contributed by atoms with van der Waals surface area (Å²) < 4.78 is 0. The van der Waals surface area contributed by atoms with Crippen molar-refractivity contribution in [3.8, 4) is 0 Å². The molecule has 6 heteroatoms. The number of nitrogens with zero attached hydrogens (tertiary/aromatic N) is 1. The number of benzene rings is 2. The minimum atomic E-state index is -0.698. The van der Waals surface area contributed by atoms with Gasteiger partial charge in [-0.25, -0.2) is 0 Å². The molecule has 27 heavy (non-hydrogen) atoms. The first-order valence-electron chi connectivity index (χ1n) is 9.06. The van der Waals surface area contributed by atoms with Gasteiger partial charge >= 0.3 is 0 Å². The number of anilines is 2. The zero-order valence-corrected chi connectivity index (χ0v) is 16.9. The van der Waals surface area contributed by atoms with Crippen molar-refractivity contribution in [1.82, 2.24) is 5.32 Å². The van der Waals surface area contributed by atoms with Gasteiger partial charge in [0.1, 0.15) is 6.04 Å². The molecule has 0 saturated heterocycles. The maximum atomic E-state index is 12.4. The Morgan fingerprint density at radius 1 is 1.04 bits per heavy atom. The molecule has 0 aliphatic rings. The third-order valence-electron chi connectivity index (χ3n) is 4.29. The number of rotatable bonds is 7. The summed E-state index contributed by atoms with van der Waals surface area (Å²) in [5.74, 6) is -0.673. The maximum Gasteiger partial charge on any atom is 0.253 e. The Morgan fingerprint density at radius 2 is 1.67 bits per heavy atom. The van der Waals surface area contributed by atoms with Crippen LogP contribution in [0.3, 0.4) is 0 Å². The molecule has 0 aliphatic heterocycles. The normalized spacial score (nSPS) is 11.8. The van der Waals surface area contributed by atoms with E-state index in [-0.39, 0.29) is 11.8 Å². The molecule has 5 nitrogen and oxygen atoms in total. The molecular weight excluding hydrogens is 362 g/mol. The van der Waals surface area contributed by atoms with Crippen LogP contribution in [0.1, 0.15) is 38.1 Å². The Morgan fingerprint density at radius 3 is 2.22 bits per heavy atom. The number of hydrogen-bond acceptors (Lipinski definition) is 3. The predicted molar refractivity (Wildman–Crippen MR) is 112 cm³/mol. The standard InChI is InChI=1S/C21H26ClN3O2/c1-5-25(14(2)3)17-12-10-16(11-13-17)24-20(26)15(4)23-21(27)18-8-6-7-9-19(18)22/h6-15H,5H2,1-4H3,(H,23,27)(H,24,26)/t15-/m0/s1. The Bertz CT molecular complexity index is 790. The van der Waals surface area contributed by atoms with Gasteiger partial charge in [0.05, 0.1) is 10.6 Å². The molecule has 0 spiro atoms. The summed E-state index contributed by atoms with van der Waals surface area (Å²) >= 11 is 6.02. The fraction of sp³-hybridized carbons (Fsp3) is 0.333. The average Bonchev–Trinajstić information content (AvgIpc) is 2.63. The minimum Gasteiger partial charge on any atom is -0.369 e. The van der Waals surface area contributed by atoms with E-state index in [4.69, 9.17) is 11.6 Å². The molecule has 0 aliphatic carbocycles. The molecule has 144 valence electrons. The highest BCUT2D eigenvalue weighted by Gasteiger charge is 2.18. The lowest BCUT2D eigenvalue weighted by Gasteiger charge is -2.27. The molecule has 0 aromatic heterocycles. The number of carbonyl (C=O) groups is 2. The highest BCUT2D eigenvalue weighted by atomic mass is 35.5. The van der Waals surface area contributed by atoms with E-state index in [2.05, 4.69) is 36.3 Å². The third-order valence-corrected chi connectivity index (χ3v) is 4.62. The number of carbonyl (C=O) groups excluding carboxylic acids is 2. The van der Waals surface area contributed by atoms with Gasteiger partial charge in [-0.15, -0.1) is 0 Å². The molecular formula is C21H26ClN3O2. The first-order chi connectivity index (χ1) is 12.8. The second kappa shape index (κ2) is 9.42. The van der Waals surface area contributed by atoms with Crippen LogP contribution in [0.25, 0.3) is 0 Å². The van der Waals surface area contributed by atoms with Crippen molar-refractivity contribution < 1.29 is 9.59 Å². The van der Waals surface area contributed by atoms with Crippen molar-refractivity contribution in [3.63, 3.8) is 0 Å². The molecule has 0 bridgehead atoms. The van der Waals surface area contributed by atoms with Gasteiger partial charge in [0.2, 0.25) is 5.91 Å². The summed E-state index contributed by atoms with van der Waals surface area (Å²) in [7, 11) is 0. The fourth-order valence-electron chi connectivity index (χ4n) is 2.82. The molecule has 0 unspecified atom stereocenters. The van der Waals surface area contributed by atoms with Crippen LogP contribution < -0.4 is 15.5 Å². The van der Waals surface area contributed by atoms with E-state index in [1.807, 2.05) is 24.3 Å². The van der Waals surface area contributed by atoms with Crippen molar-refractivity contribution in [2.45, 2.75) is 39.8 Å². The summed E-state index contributed by atoms with van der Waals surface area (Å²) in [6.45, 7) is 8.94. The minimum absolute atomic E-state index is 0.292. The largest absolute Gasteiger partial charge is 0.369 e. The topological polar surface area (TPSA) is 61.4 Å². The molecule has 0 heterocycles. The van der Waals surface area contributed by atoms with Crippen LogP contribution in [0.5, 0.6) is 0 Å². The van der Waals surface area contributed by atoms with Crippen molar-refractivity contribution in [1.29, 1.82) is 0 Å². The zero-order valence-electron chi connectivity index (χ0n) is 16.1. The van der Waals surface area contributed by atoms with E-state index >= 15 is 0 Å². The van der Waals surface area contributed by atoms with Gasteiger partial charge in [-0.1, -0.05) is 23.7 Å². The second-order valence-electron chi connectivity index (χ2n) is 6.59. The monoisotopic (exact) mass is 387 g/mol. The highest BCUT2D eigenvalue weighted by Crippen LogP contribution is 2.20. The first kappa shape index (κ1) is 20.8. The van der Waals surface area contributed by atoms with Gasteiger partial charge in [0, 0.05) is 24.0 Å². The quantitative estimate of drug-likeness (QED) is 0.743. The molecule has 0 radical (unpaired) electrons. The SMILES string of the molecule is CCN(c1ccc(NC(=O)[C@H](C)NC(=O)c2ccccc2Cl)cc1)C(C)C. The Hall–Kier alpha value is -2.53. The summed E-state index contributed by atoms with van der Waals surface area (Å²) in [4.78, 5) is 26.9. The number of amides is 2. The molecule has 2 aromatic rings. The number of nitrogens with one attached hydrogen (secondary N) is 2. The van der Waals surface area contributed by atoms with Crippen molar-refractivity contribution in [2.24, 2.45) is 0 Å². The molecule has 0 saturated carbocycles. The molecule has 2 amide bonds. The summed E-state index contributed by atoms with van der Waals surface area (Å²) in [5.41, 5.74) is 2.13. The molecule has 1 atom stereocenters. The Kier molecular flexibility index (Phi) is 7.25. The second-order valence-corrected chi connectivity index (χ2v) is 7.00. The molecule has 2 rings (SSSR count). The van der Waals surface area contributed by atoms with Crippen LogP contribution in [0.2, 0.25) is 5.02 Å². The van der Waals surface area contributed by atoms with Crippen molar-refractivity contribution in [3.05, 3.63) is 59.1 Å². The van der Waals surface area contributed by atoms with Crippen LogP contribution in [-0.4, -0.2) is 30.4 Å². The first-order valence-corrected chi connectivity index (χ1v) is 9.44. The van der Waals surface area contributed by atoms with E-state index in [0.29, 0.717) is 22.3 Å². The summed E-state index contributed by atoms with van der Waals surface area (Å²) in [6.07, 6.45) is 0. The Labute approximate surface area is 165 Å². The van der Waals surface area contributed by atoms with Gasteiger partial charge in [-0.3, -0.25) is 9.59 Å². The molecule has 2 aromatic carbocycles. The van der Waals surface area contributed by atoms with Gasteiger partial charge in [0.15, 0.2) is 0 Å². The van der Waals surface area contributed by atoms with Gasteiger partial charge in [-0.05, 0) is 64.1 Å². The highest BCUT2D eigenvalue weighted by molar-refractivity contribution is 6.33. The van der Waals surface area contributed by atoms with Gasteiger partial charge in [-0.2, -0.15) is 0 Å². The molecule has 2 N–H and O–H groups in total. The zero-order chi connectivity index (χ0) is 20.0. The van der Waals surface area contributed by atoms with E-state index < -0.39 is 6.04 Å². The van der Waals surface area contributed by atoms with Gasteiger partial charge in [0.25, 0.3) is 5.91 Å². The lowest BCUT2D eigenvalue weighted by atomic mass is 10.2. The van der Waals surface area contributed by atoms with Crippen LogP contribution in [0.4, 0.5) is 11.4 Å². The lowest BCUT2D eigenvalue weighted by molar-refractivity contribution is -0.117. The van der Waals surface area contributed by atoms with Crippen LogP contribution in [0.15, 0.2) is 48.5 Å². The van der Waals surface area contributed by atoms with Crippen LogP contribution >= 0.6 is 11.6 Å². The van der Waals surface area contributed by atoms with E-state index in [1.54, 1.807) is 31.2 Å². The van der Waals surface area contributed by atoms with Crippen LogP contribution in [-0.2, 0) is 4.79 Å². The smallest absolute Gasteiger partial charge is 0.253 e. The van der Waals surface area contributed by atoms with Gasteiger partial charge < -0.3 is 15.5 Å². The maximum absolute atomic E-state index is 12.4. The third kappa shape index (κ3) is 5.47. The predicted octanol–water partition coefficient (Wildman–Crippen LogP) is 4.33. The lowest BCUT2D eigenvalue weighted by Crippen LogP contribution is -2.41. The van der Waals surface area contributed by atoms with E-state index in [0.717, 1.165) is 12.2 Å². The average molecular weight is 388 g/mol.